The third-order valence-corrected chi connectivity index (χ3v) is 5.56. The summed E-state index contributed by atoms with van der Waals surface area (Å²) in [6.45, 7) is 6.28. The standard InChI is InChI=1S/C23H27FN4O2/c1-15(2)23(3)12-20(29)28(22(25)27-23)14-17-9-18(11-19(24)10-17)21(30)26-13-16-7-5-4-6-8-16/h4-11,15H,12-14H2,1-3H3,(H2,25,27)(H,26,30). The molecule has 158 valence electrons. The summed E-state index contributed by atoms with van der Waals surface area (Å²) in [4.78, 5) is 31.0. The maximum atomic E-state index is 14.2. The lowest BCUT2D eigenvalue weighted by Crippen LogP contribution is -2.51. The van der Waals surface area contributed by atoms with E-state index in [-0.39, 0.29) is 36.3 Å². The lowest BCUT2D eigenvalue weighted by Gasteiger charge is -2.37. The van der Waals surface area contributed by atoms with E-state index in [0.29, 0.717) is 12.1 Å². The smallest absolute Gasteiger partial charge is 0.251 e. The number of guanidine groups is 1. The molecule has 2 amide bonds. The minimum absolute atomic E-state index is 0.0546. The van der Waals surface area contributed by atoms with Gasteiger partial charge in [-0.15, -0.1) is 0 Å². The number of nitrogens with two attached hydrogens (primary N) is 1. The Bertz CT molecular complexity index is 974. The number of hydrogen-bond acceptors (Lipinski definition) is 4. The van der Waals surface area contributed by atoms with Crippen LogP contribution < -0.4 is 11.1 Å². The summed E-state index contributed by atoms with van der Waals surface area (Å²) in [5, 5.41) is 2.78. The van der Waals surface area contributed by atoms with Gasteiger partial charge < -0.3 is 11.1 Å². The highest BCUT2D eigenvalue weighted by Gasteiger charge is 2.38. The molecular formula is C23H27FN4O2. The first-order chi connectivity index (χ1) is 14.2. The highest BCUT2D eigenvalue weighted by molar-refractivity contribution is 5.99. The molecule has 0 aromatic heterocycles. The van der Waals surface area contributed by atoms with Crippen LogP contribution in [-0.2, 0) is 17.9 Å². The normalized spacial score (nSPS) is 19.0. The van der Waals surface area contributed by atoms with Gasteiger partial charge in [0.25, 0.3) is 5.91 Å². The topological polar surface area (TPSA) is 87.8 Å². The van der Waals surface area contributed by atoms with Crippen molar-refractivity contribution in [2.45, 2.75) is 45.8 Å². The predicted octanol–water partition coefficient (Wildman–Crippen LogP) is 3.22. The average Bonchev–Trinajstić information content (AvgIpc) is 2.69. The van der Waals surface area contributed by atoms with Crippen LogP contribution >= 0.6 is 0 Å². The number of benzene rings is 2. The van der Waals surface area contributed by atoms with Crippen LogP contribution in [0.1, 0.15) is 48.7 Å². The second-order valence-electron chi connectivity index (χ2n) is 8.15. The van der Waals surface area contributed by atoms with Crippen LogP contribution in [0, 0.1) is 11.7 Å². The Kier molecular flexibility index (Phi) is 6.20. The van der Waals surface area contributed by atoms with Gasteiger partial charge in [0.1, 0.15) is 5.82 Å². The van der Waals surface area contributed by atoms with Crippen LogP contribution in [0.15, 0.2) is 53.5 Å². The molecular weight excluding hydrogens is 383 g/mol. The van der Waals surface area contributed by atoms with Crippen molar-refractivity contribution < 1.29 is 14.0 Å². The van der Waals surface area contributed by atoms with Gasteiger partial charge in [0, 0.05) is 12.1 Å². The summed E-state index contributed by atoms with van der Waals surface area (Å²) in [6.07, 6.45) is 0.227. The molecule has 3 rings (SSSR count). The van der Waals surface area contributed by atoms with E-state index < -0.39 is 17.3 Å². The lowest BCUT2D eigenvalue weighted by molar-refractivity contribution is -0.130. The fourth-order valence-corrected chi connectivity index (χ4v) is 3.33. The molecule has 1 aliphatic rings. The van der Waals surface area contributed by atoms with Crippen molar-refractivity contribution in [1.82, 2.24) is 10.2 Å². The molecule has 1 aliphatic heterocycles. The Morgan fingerprint density at radius 2 is 1.93 bits per heavy atom. The largest absolute Gasteiger partial charge is 0.369 e. The van der Waals surface area contributed by atoms with E-state index in [1.165, 1.54) is 17.0 Å². The second-order valence-corrected chi connectivity index (χ2v) is 8.15. The van der Waals surface area contributed by atoms with Crippen LogP contribution in [0.5, 0.6) is 0 Å². The Labute approximate surface area is 176 Å². The van der Waals surface area contributed by atoms with E-state index in [1.807, 2.05) is 51.1 Å². The molecule has 1 unspecified atom stereocenters. The van der Waals surface area contributed by atoms with Gasteiger partial charge in [-0.25, -0.2) is 9.38 Å². The van der Waals surface area contributed by atoms with Crippen molar-refractivity contribution in [2.75, 3.05) is 0 Å². The summed E-state index contributed by atoms with van der Waals surface area (Å²) >= 11 is 0. The first-order valence-electron chi connectivity index (χ1n) is 9.95. The first kappa shape index (κ1) is 21.5. The van der Waals surface area contributed by atoms with Crippen molar-refractivity contribution >= 4 is 17.8 Å². The van der Waals surface area contributed by atoms with Crippen LogP contribution in [0.25, 0.3) is 0 Å². The van der Waals surface area contributed by atoms with Gasteiger partial charge in [-0.05, 0) is 42.2 Å². The number of rotatable bonds is 6. The van der Waals surface area contributed by atoms with Gasteiger partial charge >= 0.3 is 0 Å². The summed E-state index contributed by atoms with van der Waals surface area (Å²) < 4.78 is 14.2. The minimum atomic E-state index is -0.553. The third-order valence-electron chi connectivity index (χ3n) is 5.56. The minimum Gasteiger partial charge on any atom is -0.369 e. The summed E-state index contributed by atoms with van der Waals surface area (Å²) in [7, 11) is 0. The summed E-state index contributed by atoms with van der Waals surface area (Å²) in [5.41, 5.74) is 7.11. The maximum Gasteiger partial charge on any atom is 0.251 e. The van der Waals surface area contributed by atoms with Crippen LogP contribution in [0.2, 0.25) is 0 Å². The zero-order chi connectivity index (χ0) is 21.9. The number of amides is 2. The van der Waals surface area contributed by atoms with E-state index in [9.17, 15) is 14.0 Å². The van der Waals surface area contributed by atoms with Crippen molar-refractivity contribution in [3.8, 4) is 0 Å². The van der Waals surface area contributed by atoms with Crippen molar-refractivity contribution in [1.29, 1.82) is 0 Å². The van der Waals surface area contributed by atoms with Gasteiger partial charge in [-0.2, -0.15) is 0 Å². The quantitative estimate of drug-likeness (QED) is 0.766. The van der Waals surface area contributed by atoms with Gasteiger partial charge in [0.15, 0.2) is 5.96 Å². The Morgan fingerprint density at radius 3 is 2.57 bits per heavy atom. The zero-order valence-electron chi connectivity index (χ0n) is 17.5. The monoisotopic (exact) mass is 410 g/mol. The molecule has 3 N–H and O–H groups in total. The highest BCUT2D eigenvalue weighted by atomic mass is 19.1. The van der Waals surface area contributed by atoms with Crippen molar-refractivity contribution in [3.05, 3.63) is 71.0 Å². The number of nitrogens with zero attached hydrogens (tertiary/aromatic N) is 2. The molecule has 30 heavy (non-hydrogen) atoms. The van der Waals surface area contributed by atoms with E-state index in [0.717, 1.165) is 5.56 Å². The average molecular weight is 410 g/mol. The Balaban J connectivity index is 1.75. The van der Waals surface area contributed by atoms with Gasteiger partial charge in [0.2, 0.25) is 5.91 Å². The fraction of sp³-hybridized carbons (Fsp3) is 0.348. The van der Waals surface area contributed by atoms with Crippen LogP contribution in [0.3, 0.4) is 0 Å². The van der Waals surface area contributed by atoms with Crippen molar-refractivity contribution in [3.63, 3.8) is 0 Å². The Hall–Kier alpha value is -3.22. The van der Waals surface area contributed by atoms with E-state index >= 15 is 0 Å². The lowest BCUT2D eigenvalue weighted by atomic mass is 9.84. The highest BCUT2D eigenvalue weighted by Crippen LogP contribution is 2.30. The van der Waals surface area contributed by atoms with Gasteiger partial charge in [0.05, 0.1) is 18.5 Å². The van der Waals surface area contributed by atoms with Crippen LogP contribution in [0.4, 0.5) is 4.39 Å². The molecule has 2 aromatic rings. The molecule has 0 saturated carbocycles. The number of halogens is 1. The molecule has 0 spiro atoms. The van der Waals surface area contributed by atoms with Gasteiger partial charge in [-0.1, -0.05) is 44.2 Å². The van der Waals surface area contributed by atoms with E-state index in [1.54, 1.807) is 6.07 Å². The molecule has 2 aromatic carbocycles. The number of aliphatic imine (C=N–C) groups is 1. The van der Waals surface area contributed by atoms with Crippen molar-refractivity contribution in [2.24, 2.45) is 16.6 Å². The molecule has 0 fully saturated rings. The molecule has 0 aliphatic carbocycles. The third kappa shape index (κ3) is 4.84. The second kappa shape index (κ2) is 8.65. The zero-order valence-corrected chi connectivity index (χ0v) is 17.5. The molecule has 0 saturated heterocycles. The van der Waals surface area contributed by atoms with Gasteiger partial charge in [-0.3, -0.25) is 14.5 Å². The maximum absolute atomic E-state index is 14.2. The van der Waals surface area contributed by atoms with E-state index in [2.05, 4.69) is 10.3 Å². The number of carbonyl (C=O) groups is 2. The Morgan fingerprint density at radius 1 is 1.23 bits per heavy atom. The molecule has 0 bridgehead atoms. The van der Waals surface area contributed by atoms with Crippen LogP contribution in [-0.4, -0.2) is 28.2 Å². The molecule has 6 nitrogen and oxygen atoms in total. The number of nitrogens with one attached hydrogen (secondary N) is 1. The number of hydrogen-bond donors (Lipinski definition) is 2. The molecule has 7 heteroatoms. The molecule has 1 atom stereocenters. The summed E-state index contributed by atoms with van der Waals surface area (Å²) in [6, 6.07) is 13.5. The SMILES string of the molecule is CC(C)C1(C)CC(=O)N(Cc2cc(F)cc(C(=O)NCc3ccccc3)c2)C(N)=N1. The first-order valence-corrected chi connectivity index (χ1v) is 9.95. The molecule has 0 radical (unpaired) electrons. The number of carbonyl (C=O) groups excluding carboxylic acids is 2. The van der Waals surface area contributed by atoms with E-state index in [4.69, 9.17) is 5.73 Å². The fourth-order valence-electron chi connectivity index (χ4n) is 3.33. The molecule has 1 heterocycles. The predicted molar refractivity (Wildman–Crippen MR) is 114 cm³/mol. The summed E-state index contributed by atoms with van der Waals surface area (Å²) in [5.74, 6) is -0.848.